The standard InChI is InChI=1S/C17H29N3O/c1-3-19(4-2)12-13-20-10-7-15(8-11-20)17(21)16-6-5-9-18-14-16/h5-6,9,14-15,17,21H,3-4,7-8,10-13H2,1-2H3. The molecule has 0 spiro atoms. The predicted octanol–water partition coefficient (Wildman–Crippen LogP) is 2.17. The van der Waals surface area contributed by atoms with Crippen LogP contribution < -0.4 is 0 Å². The van der Waals surface area contributed by atoms with Crippen molar-refractivity contribution < 1.29 is 5.11 Å². The number of nitrogens with zero attached hydrogens (tertiary/aromatic N) is 3. The summed E-state index contributed by atoms with van der Waals surface area (Å²) in [4.78, 5) is 9.11. The van der Waals surface area contributed by atoms with Crippen LogP contribution >= 0.6 is 0 Å². The Hall–Kier alpha value is -0.970. The molecule has 1 aliphatic heterocycles. The van der Waals surface area contributed by atoms with Crippen LogP contribution in [0.2, 0.25) is 0 Å². The van der Waals surface area contributed by atoms with Gasteiger partial charge in [-0.3, -0.25) is 4.98 Å². The number of rotatable bonds is 7. The van der Waals surface area contributed by atoms with E-state index in [1.54, 1.807) is 12.4 Å². The van der Waals surface area contributed by atoms with E-state index in [0.29, 0.717) is 5.92 Å². The average molecular weight is 291 g/mol. The van der Waals surface area contributed by atoms with Crippen LogP contribution in [-0.2, 0) is 0 Å². The Kier molecular flexibility index (Phi) is 6.61. The normalized spacial score (nSPS) is 19.0. The van der Waals surface area contributed by atoms with Gasteiger partial charge in [-0.05, 0) is 56.6 Å². The molecule has 1 aliphatic rings. The molecule has 1 unspecified atom stereocenters. The van der Waals surface area contributed by atoms with E-state index in [9.17, 15) is 5.11 Å². The van der Waals surface area contributed by atoms with Crippen molar-refractivity contribution in [1.82, 2.24) is 14.8 Å². The first-order valence-electron chi connectivity index (χ1n) is 8.27. The Balaban J connectivity index is 1.75. The summed E-state index contributed by atoms with van der Waals surface area (Å²) in [7, 11) is 0. The van der Waals surface area contributed by atoms with Gasteiger partial charge >= 0.3 is 0 Å². The van der Waals surface area contributed by atoms with E-state index >= 15 is 0 Å². The third kappa shape index (κ3) is 4.77. The van der Waals surface area contributed by atoms with Crippen LogP contribution in [0.3, 0.4) is 0 Å². The molecular weight excluding hydrogens is 262 g/mol. The van der Waals surface area contributed by atoms with Gasteiger partial charge in [-0.15, -0.1) is 0 Å². The molecule has 0 aliphatic carbocycles. The number of pyridine rings is 1. The van der Waals surface area contributed by atoms with Crippen LogP contribution in [-0.4, -0.2) is 59.2 Å². The van der Waals surface area contributed by atoms with Crippen LogP contribution in [0.5, 0.6) is 0 Å². The molecule has 0 bridgehead atoms. The first kappa shape index (κ1) is 16.4. The van der Waals surface area contributed by atoms with Gasteiger partial charge in [0, 0.05) is 25.5 Å². The highest BCUT2D eigenvalue weighted by Gasteiger charge is 2.26. The van der Waals surface area contributed by atoms with E-state index in [-0.39, 0.29) is 6.10 Å². The van der Waals surface area contributed by atoms with Gasteiger partial charge < -0.3 is 14.9 Å². The summed E-state index contributed by atoms with van der Waals surface area (Å²) in [6, 6.07) is 3.88. The molecule has 0 aromatic carbocycles. The number of hydrogen-bond donors (Lipinski definition) is 1. The Labute approximate surface area is 128 Å². The fourth-order valence-electron chi connectivity index (χ4n) is 3.14. The molecule has 0 amide bonds. The lowest BCUT2D eigenvalue weighted by molar-refractivity contribution is 0.0559. The molecule has 4 nitrogen and oxygen atoms in total. The van der Waals surface area contributed by atoms with Gasteiger partial charge in [-0.2, -0.15) is 0 Å². The summed E-state index contributed by atoms with van der Waals surface area (Å²) < 4.78 is 0. The number of likely N-dealkylation sites (tertiary alicyclic amines) is 1. The molecule has 118 valence electrons. The minimum absolute atomic E-state index is 0.358. The monoisotopic (exact) mass is 291 g/mol. The van der Waals surface area contributed by atoms with Gasteiger partial charge in [-0.25, -0.2) is 0 Å². The first-order valence-corrected chi connectivity index (χ1v) is 8.27. The van der Waals surface area contributed by atoms with Gasteiger partial charge in [0.1, 0.15) is 0 Å². The van der Waals surface area contributed by atoms with Crippen molar-refractivity contribution in [2.45, 2.75) is 32.8 Å². The van der Waals surface area contributed by atoms with Gasteiger partial charge in [0.25, 0.3) is 0 Å². The zero-order chi connectivity index (χ0) is 15.1. The zero-order valence-electron chi connectivity index (χ0n) is 13.4. The predicted molar refractivity (Wildman–Crippen MR) is 86.1 cm³/mol. The number of aliphatic hydroxyl groups excluding tert-OH is 1. The van der Waals surface area contributed by atoms with Gasteiger partial charge in [0.2, 0.25) is 0 Å². The molecule has 4 heteroatoms. The second kappa shape index (κ2) is 8.47. The molecule has 0 saturated carbocycles. The summed E-state index contributed by atoms with van der Waals surface area (Å²) in [6.45, 7) is 11.2. The summed E-state index contributed by atoms with van der Waals surface area (Å²) >= 11 is 0. The van der Waals surface area contributed by atoms with Crippen molar-refractivity contribution in [1.29, 1.82) is 0 Å². The van der Waals surface area contributed by atoms with Crippen molar-refractivity contribution in [2.75, 3.05) is 39.3 Å². The SMILES string of the molecule is CCN(CC)CCN1CCC(C(O)c2cccnc2)CC1. The lowest BCUT2D eigenvalue weighted by Crippen LogP contribution is -2.40. The minimum Gasteiger partial charge on any atom is -0.388 e. The first-order chi connectivity index (χ1) is 10.2. The van der Waals surface area contributed by atoms with E-state index in [2.05, 4.69) is 28.6 Å². The molecule has 1 N–H and O–H groups in total. The largest absolute Gasteiger partial charge is 0.388 e. The van der Waals surface area contributed by atoms with Crippen molar-refractivity contribution in [2.24, 2.45) is 5.92 Å². The van der Waals surface area contributed by atoms with Gasteiger partial charge in [-0.1, -0.05) is 19.9 Å². The molecule has 0 radical (unpaired) electrons. The smallest absolute Gasteiger partial charge is 0.0833 e. The van der Waals surface area contributed by atoms with E-state index < -0.39 is 0 Å². The average Bonchev–Trinajstić information content (AvgIpc) is 2.56. The maximum atomic E-state index is 10.5. The minimum atomic E-state index is -0.358. The lowest BCUT2D eigenvalue weighted by Gasteiger charge is -2.35. The zero-order valence-corrected chi connectivity index (χ0v) is 13.4. The molecule has 1 saturated heterocycles. The Morgan fingerprint density at radius 3 is 2.62 bits per heavy atom. The van der Waals surface area contributed by atoms with E-state index in [1.165, 1.54) is 0 Å². The van der Waals surface area contributed by atoms with Crippen molar-refractivity contribution >= 4 is 0 Å². The molecule has 1 aromatic heterocycles. The molecule has 2 rings (SSSR count). The van der Waals surface area contributed by atoms with Crippen LogP contribution in [0.4, 0.5) is 0 Å². The summed E-state index contributed by atoms with van der Waals surface area (Å²) in [6.07, 6.45) is 5.34. The fourth-order valence-corrected chi connectivity index (χ4v) is 3.14. The lowest BCUT2D eigenvalue weighted by atomic mass is 9.88. The number of hydrogen-bond acceptors (Lipinski definition) is 4. The summed E-state index contributed by atoms with van der Waals surface area (Å²) in [5, 5.41) is 10.5. The molecule has 1 atom stereocenters. The van der Waals surface area contributed by atoms with Crippen LogP contribution in [0.1, 0.15) is 38.4 Å². The quantitative estimate of drug-likeness (QED) is 0.836. The molecule has 1 aromatic rings. The van der Waals surface area contributed by atoms with Crippen molar-refractivity contribution in [3.05, 3.63) is 30.1 Å². The van der Waals surface area contributed by atoms with Gasteiger partial charge in [0.15, 0.2) is 0 Å². The highest BCUT2D eigenvalue weighted by molar-refractivity contribution is 5.13. The number of likely N-dealkylation sites (N-methyl/N-ethyl adjacent to an activating group) is 1. The fraction of sp³-hybridized carbons (Fsp3) is 0.706. The maximum absolute atomic E-state index is 10.5. The number of aliphatic hydroxyl groups is 1. The van der Waals surface area contributed by atoms with Crippen molar-refractivity contribution in [3.8, 4) is 0 Å². The van der Waals surface area contributed by atoms with Crippen LogP contribution in [0, 0.1) is 5.92 Å². The van der Waals surface area contributed by atoms with Crippen LogP contribution in [0.25, 0.3) is 0 Å². The Morgan fingerprint density at radius 2 is 2.05 bits per heavy atom. The number of piperidine rings is 1. The molecule has 1 fully saturated rings. The number of aromatic nitrogens is 1. The van der Waals surface area contributed by atoms with E-state index in [1.807, 2.05) is 12.1 Å². The highest BCUT2D eigenvalue weighted by atomic mass is 16.3. The Bertz CT molecular complexity index is 386. The van der Waals surface area contributed by atoms with Crippen LogP contribution in [0.15, 0.2) is 24.5 Å². The van der Waals surface area contributed by atoms with Crippen molar-refractivity contribution in [3.63, 3.8) is 0 Å². The highest BCUT2D eigenvalue weighted by Crippen LogP contribution is 2.30. The molecular formula is C17H29N3O. The summed E-state index contributed by atoms with van der Waals surface area (Å²) in [5.74, 6) is 0.374. The molecule has 21 heavy (non-hydrogen) atoms. The maximum Gasteiger partial charge on any atom is 0.0833 e. The molecule has 2 heterocycles. The second-order valence-electron chi connectivity index (χ2n) is 5.94. The van der Waals surface area contributed by atoms with Gasteiger partial charge in [0.05, 0.1) is 6.10 Å². The van der Waals surface area contributed by atoms with E-state index in [4.69, 9.17) is 0 Å². The van der Waals surface area contributed by atoms with E-state index in [0.717, 1.165) is 57.7 Å². The second-order valence-corrected chi connectivity index (χ2v) is 5.94. The Morgan fingerprint density at radius 1 is 1.33 bits per heavy atom. The third-order valence-electron chi connectivity index (χ3n) is 4.73. The summed E-state index contributed by atoms with van der Waals surface area (Å²) in [5.41, 5.74) is 0.957. The topological polar surface area (TPSA) is 39.6 Å². The third-order valence-corrected chi connectivity index (χ3v) is 4.73.